The molecule has 0 amide bonds. The van der Waals surface area contributed by atoms with Crippen molar-refractivity contribution in [2.45, 2.75) is 31.3 Å². The first kappa shape index (κ1) is 7.54. The monoisotopic (exact) mass is 238 g/mol. The topological polar surface area (TPSA) is 20.2 Å². The van der Waals surface area contributed by atoms with Crippen molar-refractivity contribution in [1.82, 2.24) is 0 Å². The summed E-state index contributed by atoms with van der Waals surface area (Å²) in [6.45, 7) is 0. The second-order valence-corrected chi connectivity index (χ2v) is 3.36. The minimum atomic E-state index is -0.318. The molecule has 1 N–H and O–H groups in total. The third-order valence-corrected chi connectivity index (χ3v) is 2.38. The second kappa shape index (κ2) is 3.01. The van der Waals surface area contributed by atoms with Gasteiger partial charge in [0.05, 0.1) is 5.60 Å². The molecule has 1 rings (SSSR count). The van der Waals surface area contributed by atoms with Gasteiger partial charge in [0.2, 0.25) is 0 Å². The summed E-state index contributed by atoms with van der Waals surface area (Å²) in [6, 6.07) is 0. The van der Waals surface area contributed by atoms with Gasteiger partial charge in [0, 0.05) is 0 Å². The Hall–Kier alpha value is 0.430. The van der Waals surface area contributed by atoms with Crippen LogP contribution in [-0.2, 0) is 0 Å². The molecule has 1 aliphatic rings. The molecule has 52 valence electrons. The van der Waals surface area contributed by atoms with Crippen molar-refractivity contribution in [1.29, 1.82) is 0 Å². The molecule has 0 aromatic carbocycles. The first-order valence-corrected chi connectivity index (χ1v) is 4.49. The van der Waals surface area contributed by atoms with E-state index in [2.05, 4.69) is 22.6 Å². The van der Waals surface area contributed by atoms with E-state index in [1.54, 1.807) is 0 Å². The van der Waals surface area contributed by atoms with Crippen molar-refractivity contribution >= 4 is 22.6 Å². The Bertz CT molecular complexity index is 116. The molecule has 0 heterocycles. The van der Waals surface area contributed by atoms with E-state index in [1.807, 2.05) is 10.2 Å². The summed E-state index contributed by atoms with van der Waals surface area (Å²) < 4.78 is 1.97. The first-order chi connectivity index (χ1) is 4.27. The highest BCUT2D eigenvalue weighted by Gasteiger charge is 2.32. The Kier molecular flexibility index (Phi) is 2.52. The average Bonchev–Trinajstić information content (AvgIpc) is 1.79. The van der Waals surface area contributed by atoms with E-state index >= 15 is 0 Å². The minimum Gasteiger partial charge on any atom is -0.390 e. The fraction of sp³-hybridized carbons (Fsp3) is 0.714. The van der Waals surface area contributed by atoms with Gasteiger partial charge in [-0.05, 0) is 29.8 Å². The molecule has 0 aliphatic heterocycles. The molecule has 0 aromatic heterocycles. The van der Waals surface area contributed by atoms with Crippen LogP contribution in [0.1, 0.15) is 25.7 Å². The lowest BCUT2D eigenvalue weighted by Gasteiger charge is -2.35. The van der Waals surface area contributed by atoms with Gasteiger partial charge in [-0.1, -0.05) is 28.7 Å². The Balaban J connectivity index is 2.24. The van der Waals surface area contributed by atoms with Crippen LogP contribution in [0.2, 0.25) is 0 Å². The number of hydrogen-bond acceptors (Lipinski definition) is 1. The highest BCUT2D eigenvalue weighted by Crippen LogP contribution is 2.34. The van der Waals surface area contributed by atoms with Crippen molar-refractivity contribution in [2.75, 3.05) is 0 Å². The number of rotatable bonds is 2. The Morgan fingerprint density at radius 2 is 2.22 bits per heavy atom. The molecule has 0 bridgehead atoms. The molecule has 1 nitrogen and oxygen atoms in total. The fourth-order valence-electron chi connectivity index (χ4n) is 1.05. The van der Waals surface area contributed by atoms with Crippen molar-refractivity contribution in [3.8, 4) is 0 Å². The summed E-state index contributed by atoms with van der Waals surface area (Å²) in [6.07, 6.45) is 6.06. The number of halogens is 1. The zero-order valence-corrected chi connectivity index (χ0v) is 7.47. The van der Waals surface area contributed by atoms with Crippen LogP contribution in [-0.4, -0.2) is 10.7 Å². The molecule has 1 saturated carbocycles. The van der Waals surface area contributed by atoms with Crippen molar-refractivity contribution in [3.63, 3.8) is 0 Å². The third kappa shape index (κ3) is 1.93. The molecule has 0 atom stereocenters. The van der Waals surface area contributed by atoms with E-state index in [0.29, 0.717) is 0 Å². The molecular weight excluding hydrogens is 227 g/mol. The molecule has 0 spiro atoms. The predicted octanol–water partition coefficient (Wildman–Crippen LogP) is 2.24. The molecule has 9 heavy (non-hydrogen) atoms. The van der Waals surface area contributed by atoms with Crippen LogP contribution in [0.3, 0.4) is 0 Å². The summed E-state index contributed by atoms with van der Waals surface area (Å²) in [5.41, 5.74) is -0.318. The maximum Gasteiger partial charge on any atom is 0.0682 e. The predicted molar refractivity (Wildman–Crippen MR) is 46.6 cm³/mol. The summed E-state index contributed by atoms with van der Waals surface area (Å²) in [4.78, 5) is 0. The van der Waals surface area contributed by atoms with Crippen LogP contribution in [0.5, 0.6) is 0 Å². The van der Waals surface area contributed by atoms with Crippen LogP contribution in [0.25, 0.3) is 0 Å². The zero-order valence-electron chi connectivity index (χ0n) is 5.31. The van der Waals surface area contributed by atoms with Gasteiger partial charge in [-0.3, -0.25) is 0 Å². The minimum absolute atomic E-state index is 0.318. The van der Waals surface area contributed by atoms with Crippen LogP contribution >= 0.6 is 22.6 Å². The van der Waals surface area contributed by atoms with Gasteiger partial charge < -0.3 is 5.11 Å². The molecular formula is C7H11IO. The maximum atomic E-state index is 9.49. The quantitative estimate of drug-likeness (QED) is 0.731. The smallest absolute Gasteiger partial charge is 0.0682 e. The Morgan fingerprint density at radius 3 is 2.56 bits per heavy atom. The molecule has 0 aromatic rings. The highest BCUT2D eigenvalue weighted by atomic mass is 127. The van der Waals surface area contributed by atoms with E-state index in [-0.39, 0.29) is 5.60 Å². The Labute approximate surface area is 69.3 Å². The van der Waals surface area contributed by atoms with E-state index in [1.165, 1.54) is 6.42 Å². The van der Waals surface area contributed by atoms with Crippen LogP contribution in [0, 0.1) is 0 Å². The molecule has 0 saturated heterocycles. The lowest BCUT2D eigenvalue weighted by Crippen LogP contribution is -2.35. The van der Waals surface area contributed by atoms with E-state index in [4.69, 9.17) is 0 Å². The fourth-order valence-corrected chi connectivity index (χ4v) is 1.31. The van der Waals surface area contributed by atoms with Crippen molar-refractivity contribution < 1.29 is 5.11 Å². The molecule has 1 aliphatic carbocycles. The maximum absolute atomic E-state index is 9.49. The average molecular weight is 238 g/mol. The molecule has 1 fully saturated rings. The molecule has 0 unspecified atom stereocenters. The van der Waals surface area contributed by atoms with Gasteiger partial charge in [-0.25, -0.2) is 0 Å². The molecule has 0 radical (unpaired) electrons. The largest absolute Gasteiger partial charge is 0.390 e. The summed E-state index contributed by atoms with van der Waals surface area (Å²) >= 11 is 2.18. The van der Waals surface area contributed by atoms with Gasteiger partial charge in [-0.2, -0.15) is 0 Å². The number of hydrogen-bond donors (Lipinski definition) is 1. The van der Waals surface area contributed by atoms with Gasteiger partial charge in [0.25, 0.3) is 0 Å². The van der Waals surface area contributed by atoms with Gasteiger partial charge in [-0.15, -0.1) is 0 Å². The number of aliphatic hydroxyl groups is 1. The normalized spacial score (nSPS) is 24.2. The first-order valence-electron chi connectivity index (χ1n) is 3.24. The summed E-state index contributed by atoms with van der Waals surface area (Å²) in [7, 11) is 0. The van der Waals surface area contributed by atoms with E-state index in [9.17, 15) is 5.11 Å². The standard InChI is InChI=1S/C7H11IO/c8-6-2-5-7(9)3-1-4-7/h2,6,9H,1,3-5H2/b6-2+. The lowest BCUT2D eigenvalue weighted by atomic mass is 9.78. The summed E-state index contributed by atoms with van der Waals surface area (Å²) in [5.74, 6) is 0. The van der Waals surface area contributed by atoms with E-state index in [0.717, 1.165) is 19.3 Å². The third-order valence-electron chi connectivity index (χ3n) is 1.87. The Morgan fingerprint density at radius 1 is 1.56 bits per heavy atom. The van der Waals surface area contributed by atoms with Crippen molar-refractivity contribution in [3.05, 3.63) is 10.2 Å². The summed E-state index contributed by atoms with van der Waals surface area (Å²) in [5, 5.41) is 9.49. The lowest BCUT2D eigenvalue weighted by molar-refractivity contribution is -0.0298. The van der Waals surface area contributed by atoms with Gasteiger partial charge in [0.1, 0.15) is 0 Å². The van der Waals surface area contributed by atoms with Gasteiger partial charge in [0.15, 0.2) is 0 Å². The SMILES string of the molecule is OC1(C/C=C/I)CCC1. The second-order valence-electron chi connectivity index (χ2n) is 2.64. The van der Waals surface area contributed by atoms with Crippen molar-refractivity contribution in [2.24, 2.45) is 0 Å². The zero-order chi connectivity index (χ0) is 6.74. The van der Waals surface area contributed by atoms with Crippen LogP contribution < -0.4 is 0 Å². The van der Waals surface area contributed by atoms with Crippen LogP contribution in [0.15, 0.2) is 10.2 Å². The van der Waals surface area contributed by atoms with Gasteiger partial charge >= 0.3 is 0 Å². The molecule has 2 heteroatoms. The van der Waals surface area contributed by atoms with E-state index < -0.39 is 0 Å². The van der Waals surface area contributed by atoms with Crippen LogP contribution in [0.4, 0.5) is 0 Å². The highest BCUT2D eigenvalue weighted by molar-refractivity contribution is 14.1.